The molecule has 1 aromatic carbocycles. The van der Waals surface area contributed by atoms with Gasteiger partial charge in [0.15, 0.2) is 0 Å². The van der Waals surface area contributed by atoms with Gasteiger partial charge in [-0.1, -0.05) is 17.7 Å². The van der Waals surface area contributed by atoms with Crippen LogP contribution in [0.25, 0.3) is 0 Å². The number of aliphatic imine (C=N–C) groups is 1. The smallest absolute Gasteiger partial charge is 0.346 e. The highest BCUT2D eigenvalue weighted by Crippen LogP contribution is 2.36. The highest BCUT2D eigenvalue weighted by Gasteiger charge is 2.39. The van der Waals surface area contributed by atoms with Gasteiger partial charge in [-0.25, -0.2) is 9.18 Å². The van der Waals surface area contributed by atoms with Crippen LogP contribution in [0.15, 0.2) is 23.2 Å². The summed E-state index contributed by atoms with van der Waals surface area (Å²) in [5.74, 6) is 0.168. The van der Waals surface area contributed by atoms with Crippen LogP contribution in [0.2, 0.25) is 5.02 Å². The Labute approximate surface area is 115 Å². The molecule has 6 heteroatoms. The first-order valence-corrected chi connectivity index (χ1v) is 6.53. The third-order valence-corrected chi connectivity index (χ3v) is 3.71. The number of amides is 2. The van der Waals surface area contributed by atoms with Crippen molar-refractivity contribution < 1.29 is 9.18 Å². The Bertz CT molecular complexity index is 571. The number of halogens is 2. The lowest BCUT2D eigenvalue weighted by atomic mass is 10.0. The van der Waals surface area contributed by atoms with Crippen molar-refractivity contribution in [3.8, 4) is 0 Å². The minimum atomic E-state index is -0.606. The second kappa shape index (κ2) is 4.49. The number of hydrogen-bond donors (Lipinski definition) is 1. The Morgan fingerprint density at radius 3 is 2.84 bits per heavy atom. The molecule has 1 aliphatic heterocycles. The average Bonchev–Trinajstić information content (AvgIpc) is 3.09. The Hall–Kier alpha value is -1.62. The van der Waals surface area contributed by atoms with Crippen molar-refractivity contribution >= 4 is 23.5 Å². The van der Waals surface area contributed by atoms with E-state index in [1.54, 1.807) is 17.0 Å². The Kier molecular flexibility index (Phi) is 2.93. The van der Waals surface area contributed by atoms with Gasteiger partial charge in [-0.05, 0) is 30.9 Å². The molecule has 3 rings (SSSR count). The van der Waals surface area contributed by atoms with Crippen LogP contribution in [0.1, 0.15) is 24.4 Å². The number of benzene rings is 1. The van der Waals surface area contributed by atoms with Gasteiger partial charge in [-0.15, -0.1) is 0 Å². The molecule has 1 saturated carbocycles. The van der Waals surface area contributed by atoms with Crippen LogP contribution in [0.4, 0.5) is 9.18 Å². The van der Waals surface area contributed by atoms with Crippen molar-refractivity contribution in [2.75, 3.05) is 6.54 Å². The summed E-state index contributed by atoms with van der Waals surface area (Å²) in [7, 11) is 0. The van der Waals surface area contributed by atoms with E-state index in [-0.39, 0.29) is 11.9 Å². The van der Waals surface area contributed by atoms with Crippen LogP contribution >= 0.6 is 11.6 Å². The maximum absolute atomic E-state index is 14.0. The molecule has 1 fully saturated rings. The van der Waals surface area contributed by atoms with Gasteiger partial charge in [-0.3, -0.25) is 0 Å². The fourth-order valence-corrected chi connectivity index (χ4v) is 2.48. The van der Waals surface area contributed by atoms with E-state index in [4.69, 9.17) is 17.3 Å². The first-order chi connectivity index (χ1) is 9.06. The van der Waals surface area contributed by atoms with E-state index in [1.807, 2.05) is 0 Å². The van der Waals surface area contributed by atoms with Crippen LogP contribution in [0.3, 0.4) is 0 Å². The number of amidine groups is 1. The van der Waals surface area contributed by atoms with E-state index in [2.05, 4.69) is 4.99 Å². The topological polar surface area (TPSA) is 58.7 Å². The van der Waals surface area contributed by atoms with Gasteiger partial charge in [-0.2, -0.15) is 4.99 Å². The molecule has 0 radical (unpaired) electrons. The summed E-state index contributed by atoms with van der Waals surface area (Å²) in [5.41, 5.74) is 6.13. The second-order valence-corrected chi connectivity index (χ2v) is 5.42. The zero-order valence-corrected chi connectivity index (χ0v) is 10.9. The van der Waals surface area contributed by atoms with Gasteiger partial charge >= 0.3 is 6.03 Å². The Morgan fingerprint density at radius 2 is 2.21 bits per heavy atom. The van der Waals surface area contributed by atoms with Crippen LogP contribution in [0, 0.1) is 11.7 Å². The van der Waals surface area contributed by atoms with Crippen molar-refractivity contribution in [3.63, 3.8) is 0 Å². The molecule has 2 aliphatic rings. The van der Waals surface area contributed by atoms with E-state index < -0.39 is 11.9 Å². The monoisotopic (exact) mass is 281 g/mol. The van der Waals surface area contributed by atoms with Gasteiger partial charge in [0.1, 0.15) is 17.7 Å². The average molecular weight is 282 g/mol. The predicted molar refractivity (Wildman–Crippen MR) is 70.6 cm³/mol. The summed E-state index contributed by atoms with van der Waals surface area (Å²) in [6.07, 6.45) is 2.19. The SMILES string of the molecule is NC1=NC(=O)N(CC2CC2)C1c1ccc(Cl)cc1F. The summed E-state index contributed by atoms with van der Waals surface area (Å²) < 4.78 is 14.0. The molecule has 0 spiro atoms. The van der Waals surface area contributed by atoms with E-state index in [0.717, 1.165) is 12.8 Å². The molecule has 1 aliphatic carbocycles. The molecular formula is C13H13ClFN3O. The van der Waals surface area contributed by atoms with E-state index >= 15 is 0 Å². The van der Waals surface area contributed by atoms with Gasteiger partial charge < -0.3 is 10.6 Å². The second-order valence-electron chi connectivity index (χ2n) is 4.98. The van der Waals surface area contributed by atoms with Crippen LogP contribution in [0.5, 0.6) is 0 Å². The van der Waals surface area contributed by atoms with Crippen LogP contribution in [-0.2, 0) is 0 Å². The largest absolute Gasteiger partial charge is 0.385 e. The third-order valence-electron chi connectivity index (χ3n) is 3.47. The summed E-state index contributed by atoms with van der Waals surface area (Å²) in [5, 5.41) is 0.315. The first kappa shape index (κ1) is 12.4. The van der Waals surface area contributed by atoms with Crippen molar-refractivity contribution in [1.82, 2.24) is 4.90 Å². The normalized spacial score (nSPS) is 22.8. The van der Waals surface area contributed by atoms with Crippen molar-refractivity contribution in [2.24, 2.45) is 16.6 Å². The summed E-state index contributed by atoms with van der Waals surface area (Å²) in [6, 6.07) is 3.38. The molecule has 0 saturated heterocycles. The predicted octanol–water partition coefficient (Wildman–Crippen LogP) is 2.72. The van der Waals surface area contributed by atoms with Crippen molar-refractivity contribution in [3.05, 3.63) is 34.6 Å². The molecule has 19 heavy (non-hydrogen) atoms. The zero-order valence-electron chi connectivity index (χ0n) is 10.1. The minimum Gasteiger partial charge on any atom is -0.385 e. The summed E-state index contributed by atoms with van der Waals surface area (Å²) in [6.45, 7) is 0.579. The molecule has 1 aromatic rings. The highest BCUT2D eigenvalue weighted by atomic mass is 35.5. The lowest BCUT2D eigenvalue weighted by Crippen LogP contribution is -2.35. The van der Waals surface area contributed by atoms with Crippen molar-refractivity contribution in [1.29, 1.82) is 0 Å². The van der Waals surface area contributed by atoms with Gasteiger partial charge in [0, 0.05) is 17.1 Å². The Morgan fingerprint density at radius 1 is 1.47 bits per heavy atom. The van der Waals surface area contributed by atoms with E-state index in [1.165, 1.54) is 6.07 Å². The number of nitrogens with zero attached hydrogens (tertiary/aromatic N) is 2. The van der Waals surface area contributed by atoms with Gasteiger partial charge in [0.2, 0.25) is 0 Å². The molecular weight excluding hydrogens is 269 g/mol. The number of carbonyl (C=O) groups is 1. The molecule has 4 nitrogen and oxygen atoms in total. The molecule has 0 aromatic heterocycles. The molecule has 0 bridgehead atoms. The third kappa shape index (κ3) is 2.30. The highest BCUT2D eigenvalue weighted by molar-refractivity contribution is 6.30. The minimum absolute atomic E-state index is 0.145. The van der Waals surface area contributed by atoms with Crippen LogP contribution < -0.4 is 5.73 Å². The van der Waals surface area contributed by atoms with Crippen LogP contribution in [-0.4, -0.2) is 23.3 Å². The fourth-order valence-electron chi connectivity index (χ4n) is 2.32. The molecule has 100 valence electrons. The first-order valence-electron chi connectivity index (χ1n) is 6.16. The maximum atomic E-state index is 14.0. The lowest BCUT2D eigenvalue weighted by molar-refractivity contribution is 0.203. The maximum Gasteiger partial charge on any atom is 0.346 e. The van der Waals surface area contributed by atoms with Gasteiger partial charge in [0.05, 0.1) is 0 Å². The number of nitrogens with two attached hydrogens (primary N) is 1. The Balaban J connectivity index is 1.95. The standard InChI is InChI=1S/C13H13ClFN3O/c14-8-3-4-9(10(15)5-8)11-12(16)17-13(19)18(11)6-7-1-2-7/h3-5,7,11H,1-2,6H2,(H2,16,17,19). The summed E-state index contributed by atoms with van der Waals surface area (Å²) >= 11 is 5.74. The molecule has 1 atom stereocenters. The fraction of sp³-hybridized carbons (Fsp3) is 0.385. The lowest BCUT2D eigenvalue weighted by Gasteiger charge is -2.24. The number of urea groups is 1. The molecule has 1 heterocycles. The van der Waals surface area contributed by atoms with Gasteiger partial charge in [0.25, 0.3) is 0 Å². The number of rotatable bonds is 3. The zero-order chi connectivity index (χ0) is 13.6. The molecule has 2 N–H and O–H groups in total. The molecule has 2 amide bonds. The van der Waals surface area contributed by atoms with E-state index in [9.17, 15) is 9.18 Å². The number of carbonyl (C=O) groups excluding carboxylic acids is 1. The van der Waals surface area contributed by atoms with Crippen molar-refractivity contribution in [2.45, 2.75) is 18.9 Å². The molecule has 1 unspecified atom stereocenters. The quantitative estimate of drug-likeness (QED) is 0.926. The number of hydrogen-bond acceptors (Lipinski definition) is 2. The summed E-state index contributed by atoms with van der Waals surface area (Å²) in [4.78, 5) is 17.1. The van der Waals surface area contributed by atoms with E-state index in [0.29, 0.717) is 23.0 Å².